The number of nitrogens with one attached hydrogen (secondary N) is 2. The highest BCUT2D eigenvalue weighted by Crippen LogP contribution is 2.21. The Morgan fingerprint density at radius 1 is 1.08 bits per heavy atom. The van der Waals surface area contributed by atoms with E-state index < -0.39 is 0 Å². The lowest BCUT2D eigenvalue weighted by atomic mass is 10.1. The highest BCUT2D eigenvalue weighted by molar-refractivity contribution is 6.05. The summed E-state index contributed by atoms with van der Waals surface area (Å²) in [5.74, 6) is 0.298. The molecular formula is C18H21N3O3. The van der Waals surface area contributed by atoms with Gasteiger partial charge in [-0.1, -0.05) is 6.07 Å². The minimum atomic E-state index is -0.230. The molecule has 0 aromatic heterocycles. The molecule has 0 saturated heterocycles. The van der Waals surface area contributed by atoms with Gasteiger partial charge in [0.15, 0.2) is 0 Å². The van der Waals surface area contributed by atoms with E-state index >= 15 is 0 Å². The van der Waals surface area contributed by atoms with Crippen LogP contribution in [0.25, 0.3) is 0 Å². The molecule has 0 unspecified atom stereocenters. The standard InChI is InChI=1S/C18H21N3O3/c1-12-3-6-14(20-17(22)9-10-19)11-16(12)21-18(23)13-4-7-15(24-2)8-5-13/h3-8,11H,9-10,19H2,1-2H3,(H,20,22)(H,21,23). The number of methoxy groups -OCH3 is 1. The number of hydrogen-bond acceptors (Lipinski definition) is 4. The van der Waals surface area contributed by atoms with Crippen molar-refractivity contribution in [3.8, 4) is 5.75 Å². The fourth-order valence-corrected chi connectivity index (χ4v) is 2.13. The van der Waals surface area contributed by atoms with Crippen molar-refractivity contribution in [3.05, 3.63) is 53.6 Å². The van der Waals surface area contributed by atoms with E-state index in [0.717, 1.165) is 5.56 Å². The van der Waals surface area contributed by atoms with Crippen molar-refractivity contribution in [2.45, 2.75) is 13.3 Å². The summed E-state index contributed by atoms with van der Waals surface area (Å²) in [6.07, 6.45) is 0.251. The molecule has 0 heterocycles. The van der Waals surface area contributed by atoms with Gasteiger partial charge in [-0.15, -0.1) is 0 Å². The largest absolute Gasteiger partial charge is 0.497 e. The van der Waals surface area contributed by atoms with Gasteiger partial charge >= 0.3 is 0 Å². The smallest absolute Gasteiger partial charge is 0.255 e. The molecule has 0 aliphatic rings. The monoisotopic (exact) mass is 327 g/mol. The summed E-state index contributed by atoms with van der Waals surface area (Å²) in [6, 6.07) is 12.2. The molecule has 0 fully saturated rings. The van der Waals surface area contributed by atoms with Gasteiger partial charge in [-0.3, -0.25) is 9.59 Å². The quantitative estimate of drug-likeness (QED) is 0.760. The van der Waals surface area contributed by atoms with Gasteiger partial charge in [-0.2, -0.15) is 0 Å². The first-order chi connectivity index (χ1) is 11.5. The Labute approximate surface area is 141 Å². The van der Waals surface area contributed by atoms with E-state index in [2.05, 4.69) is 10.6 Å². The van der Waals surface area contributed by atoms with Crippen molar-refractivity contribution in [2.75, 3.05) is 24.3 Å². The van der Waals surface area contributed by atoms with Crippen LogP contribution in [0.2, 0.25) is 0 Å². The van der Waals surface area contributed by atoms with E-state index in [4.69, 9.17) is 10.5 Å². The average Bonchev–Trinajstić information content (AvgIpc) is 2.58. The summed E-state index contributed by atoms with van der Waals surface area (Å²) >= 11 is 0. The maximum atomic E-state index is 12.3. The van der Waals surface area contributed by atoms with Crippen LogP contribution >= 0.6 is 0 Å². The van der Waals surface area contributed by atoms with Crippen molar-refractivity contribution < 1.29 is 14.3 Å². The normalized spacial score (nSPS) is 10.1. The number of rotatable bonds is 6. The van der Waals surface area contributed by atoms with Crippen LogP contribution in [-0.4, -0.2) is 25.5 Å². The van der Waals surface area contributed by atoms with Crippen LogP contribution in [0.15, 0.2) is 42.5 Å². The molecule has 2 aromatic rings. The molecular weight excluding hydrogens is 306 g/mol. The van der Waals surface area contributed by atoms with Crippen molar-refractivity contribution in [1.29, 1.82) is 0 Å². The number of carbonyl (C=O) groups is 2. The first-order valence-electron chi connectivity index (χ1n) is 7.59. The minimum absolute atomic E-state index is 0.159. The molecule has 0 aliphatic heterocycles. The Morgan fingerprint density at radius 2 is 1.79 bits per heavy atom. The molecule has 0 saturated carbocycles. The first-order valence-corrected chi connectivity index (χ1v) is 7.59. The number of nitrogens with two attached hydrogens (primary N) is 1. The summed E-state index contributed by atoms with van der Waals surface area (Å²) in [5.41, 5.74) is 8.03. The number of aryl methyl sites for hydroxylation is 1. The Hall–Kier alpha value is -2.86. The van der Waals surface area contributed by atoms with Crippen LogP contribution in [0.1, 0.15) is 22.3 Å². The molecule has 0 bridgehead atoms. The van der Waals surface area contributed by atoms with Crippen LogP contribution in [0, 0.1) is 6.92 Å². The van der Waals surface area contributed by atoms with Gasteiger partial charge in [-0.25, -0.2) is 0 Å². The minimum Gasteiger partial charge on any atom is -0.497 e. The molecule has 0 radical (unpaired) electrons. The molecule has 24 heavy (non-hydrogen) atoms. The summed E-state index contributed by atoms with van der Waals surface area (Å²) < 4.78 is 5.08. The van der Waals surface area contributed by atoms with E-state index in [0.29, 0.717) is 29.2 Å². The summed E-state index contributed by atoms with van der Waals surface area (Å²) in [6.45, 7) is 2.17. The third-order valence-corrected chi connectivity index (χ3v) is 3.49. The molecule has 4 N–H and O–H groups in total. The predicted octanol–water partition coefficient (Wildman–Crippen LogP) is 2.54. The number of hydrogen-bond donors (Lipinski definition) is 3. The summed E-state index contributed by atoms with van der Waals surface area (Å²) in [5, 5.41) is 5.61. The zero-order valence-corrected chi connectivity index (χ0v) is 13.8. The second kappa shape index (κ2) is 8.12. The average molecular weight is 327 g/mol. The van der Waals surface area contributed by atoms with Gasteiger partial charge in [0.25, 0.3) is 5.91 Å². The highest BCUT2D eigenvalue weighted by Gasteiger charge is 2.09. The van der Waals surface area contributed by atoms with E-state index in [-0.39, 0.29) is 18.2 Å². The molecule has 6 nitrogen and oxygen atoms in total. The Balaban J connectivity index is 2.12. The molecule has 0 atom stereocenters. The van der Waals surface area contributed by atoms with E-state index in [9.17, 15) is 9.59 Å². The molecule has 0 spiro atoms. The zero-order chi connectivity index (χ0) is 17.5. The van der Waals surface area contributed by atoms with Crippen LogP contribution in [0.4, 0.5) is 11.4 Å². The van der Waals surface area contributed by atoms with Gasteiger partial charge < -0.3 is 21.1 Å². The molecule has 6 heteroatoms. The first kappa shape index (κ1) is 17.5. The van der Waals surface area contributed by atoms with Crippen molar-refractivity contribution in [3.63, 3.8) is 0 Å². The predicted molar refractivity (Wildman–Crippen MR) is 94.4 cm³/mol. The number of ether oxygens (including phenoxy) is 1. The van der Waals surface area contributed by atoms with Gasteiger partial charge in [0, 0.05) is 29.9 Å². The number of carbonyl (C=O) groups excluding carboxylic acids is 2. The fraction of sp³-hybridized carbons (Fsp3) is 0.222. The Bertz CT molecular complexity index is 727. The van der Waals surface area contributed by atoms with Gasteiger partial charge in [-0.05, 0) is 48.9 Å². The Kier molecular flexibility index (Phi) is 5.92. The summed E-state index contributed by atoms with van der Waals surface area (Å²) in [4.78, 5) is 24.0. The molecule has 2 rings (SSSR count). The van der Waals surface area contributed by atoms with Crippen molar-refractivity contribution in [1.82, 2.24) is 0 Å². The van der Waals surface area contributed by atoms with Gasteiger partial charge in [0.1, 0.15) is 5.75 Å². The highest BCUT2D eigenvalue weighted by atomic mass is 16.5. The van der Waals surface area contributed by atoms with Gasteiger partial charge in [0.05, 0.1) is 7.11 Å². The third-order valence-electron chi connectivity index (χ3n) is 3.49. The lowest BCUT2D eigenvalue weighted by molar-refractivity contribution is -0.116. The lowest BCUT2D eigenvalue weighted by Gasteiger charge is -2.12. The molecule has 126 valence electrons. The second-order valence-corrected chi connectivity index (χ2v) is 5.30. The van der Waals surface area contributed by atoms with E-state index in [1.54, 1.807) is 43.5 Å². The Morgan fingerprint density at radius 3 is 2.42 bits per heavy atom. The SMILES string of the molecule is COc1ccc(C(=O)Nc2cc(NC(=O)CCN)ccc2C)cc1. The number of benzene rings is 2. The maximum absolute atomic E-state index is 12.3. The fourth-order valence-electron chi connectivity index (χ4n) is 2.13. The third kappa shape index (κ3) is 4.57. The maximum Gasteiger partial charge on any atom is 0.255 e. The summed E-state index contributed by atoms with van der Waals surface area (Å²) in [7, 11) is 1.57. The zero-order valence-electron chi connectivity index (χ0n) is 13.8. The lowest BCUT2D eigenvalue weighted by Crippen LogP contribution is -2.17. The second-order valence-electron chi connectivity index (χ2n) is 5.30. The van der Waals surface area contributed by atoms with Crippen LogP contribution in [0.3, 0.4) is 0 Å². The molecule has 2 amide bonds. The van der Waals surface area contributed by atoms with Crippen molar-refractivity contribution >= 4 is 23.2 Å². The molecule has 0 aliphatic carbocycles. The topological polar surface area (TPSA) is 93.5 Å². The van der Waals surface area contributed by atoms with Crippen molar-refractivity contribution in [2.24, 2.45) is 5.73 Å². The number of amides is 2. The number of anilines is 2. The van der Waals surface area contributed by atoms with E-state index in [1.165, 1.54) is 0 Å². The van der Waals surface area contributed by atoms with Crippen LogP contribution < -0.4 is 21.1 Å². The van der Waals surface area contributed by atoms with Crippen LogP contribution in [0.5, 0.6) is 5.75 Å². The van der Waals surface area contributed by atoms with Crippen LogP contribution in [-0.2, 0) is 4.79 Å². The van der Waals surface area contributed by atoms with Gasteiger partial charge in [0.2, 0.25) is 5.91 Å². The molecule has 2 aromatic carbocycles. The van der Waals surface area contributed by atoms with E-state index in [1.807, 2.05) is 13.0 Å².